The fraction of sp³-hybridized carbons (Fsp3) is 0.193. The first-order valence-electron chi connectivity index (χ1n) is 21.0. The molecule has 1 spiro atoms. The maximum absolute atomic E-state index is 6.44. The lowest BCUT2D eigenvalue weighted by atomic mass is 9.65. The first kappa shape index (κ1) is 43.0. The minimum absolute atomic E-state index is 0.209. The lowest BCUT2D eigenvalue weighted by Crippen LogP contribution is -2.34. The minimum Gasteiger partial charge on any atom is -0.457 e. The summed E-state index contributed by atoms with van der Waals surface area (Å²) >= 11 is 0. The first-order valence-corrected chi connectivity index (χ1v) is 21.0. The van der Waals surface area contributed by atoms with E-state index in [2.05, 4.69) is 167 Å². The molecule has 0 amide bonds. The van der Waals surface area contributed by atoms with Crippen LogP contribution in [0, 0.1) is 0 Å². The molecule has 5 aromatic rings. The number of hydrogen-bond acceptors (Lipinski definition) is 1. The Kier molecular flexibility index (Phi) is 15.0. The highest BCUT2D eigenvalue weighted by molar-refractivity contribution is 5.90. The number of ether oxygens (including phenoxy) is 1. The summed E-state index contributed by atoms with van der Waals surface area (Å²) in [5, 5.41) is 0. The molecule has 0 radical (unpaired) electrons. The van der Waals surface area contributed by atoms with Crippen LogP contribution in [-0.4, -0.2) is 0 Å². The van der Waals surface area contributed by atoms with Crippen molar-refractivity contribution >= 4 is 0 Å². The molecule has 0 aromatic heterocycles. The van der Waals surface area contributed by atoms with Gasteiger partial charge in [0.2, 0.25) is 0 Å². The van der Waals surface area contributed by atoms with Gasteiger partial charge < -0.3 is 4.74 Å². The zero-order chi connectivity index (χ0) is 41.7. The Balaban J connectivity index is 0.000000864. The third-order valence-corrected chi connectivity index (χ3v) is 10.8. The molecule has 2 atom stereocenters. The summed E-state index contributed by atoms with van der Waals surface area (Å²) in [7, 11) is 0. The number of hydrogen-bond donors (Lipinski definition) is 0. The van der Waals surface area contributed by atoms with Crippen molar-refractivity contribution in [3.05, 3.63) is 235 Å². The van der Waals surface area contributed by atoms with Crippen LogP contribution in [0.1, 0.15) is 89.0 Å². The van der Waals surface area contributed by atoms with E-state index in [1.807, 2.05) is 58.9 Å². The van der Waals surface area contributed by atoms with Gasteiger partial charge in [-0.05, 0) is 100 Å². The lowest BCUT2D eigenvalue weighted by molar-refractivity contribution is 0.403. The van der Waals surface area contributed by atoms with Crippen LogP contribution >= 0.6 is 0 Å². The number of rotatable bonds is 9. The van der Waals surface area contributed by atoms with Gasteiger partial charge in [-0.1, -0.05) is 206 Å². The quantitative estimate of drug-likeness (QED) is 0.107. The van der Waals surface area contributed by atoms with Gasteiger partial charge in [0.25, 0.3) is 0 Å². The SMILES string of the molecule is C=CC.C=CC1=C(C=C)C2(c3ccccc3O1)c1ccccc1-c1ccc(-c3ccc(-c4cccc(C(C5=CC=CCC5)/C(C=C)=C/CC)c4)cc3)cc12.CC.CC. The molecule has 0 fully saturated rings. The van der Waals surface area contributed by atoms with Gasteiger partial charge in [0.15, 0.2) is 0 Å². The standard InChI is InChI=1S/C50H42O.C3H6.2C2H6/c1-5-17-34(6-2)49(37-18-10-9-11-19-37)40-21-16-20-38(32-40)35-26-28-36(29-27-35)39-30-31-42-41-22-12-13-23-44(41)50(46(42)33-39)43(7-3)47(8-4)51-48-25-15-14-24-45(48)50;1-3-2;2*1-2/h6-10,12-18,20-33,49H,2-5,11,19H2,1H3;3H,1H2,2H3;2*1-2H3/b34-17+;;;. The van der Waals surface area contributed by atoms with Crippen LogP contribution < -0.4 is 4.74 Å². The summed E-state index contributed by atoms with van der Waals surface area (Å²) in [4.78, 5) is 0. The molecular formula is C57H60O. The van der Waals surface area contributed by atoms with E-state index < -0.39 is 5.41 Å². The van der Waals surface area contributed by atoms with Crippen molar-refractivity contribution in [2.24, 2.45) is 0 Å². The van der Waals surface area contributed by atoms with E-state index in [1.165, 1.54) is 61.2 Å². The molecule has 0 saturated heterocycles. The van der Waals surface area contributed by atoms with E-state index in [0.717, 1.165) is 41.9 Å². The second-order valence-electron chi connectivity index (χ2n) is 13.9. The van der Waals surface area contributed by atoms with Gasteiger partial charge in [0.1, 0.15) is 11.5 Å². The van der Waals surface area contributed by atoms with Crippen molar-refractivity contribution in [3.8, 4) is 39.1 Å². The predicted octanol–water partition coefficient (Wildman–Crippen LogP) is 16.5. The maximum atomic E-state index is 6.44. The van der Waals surface area contributed by atoms with Crippen LogP contribution in [0.4, 0.5) is 0 Å². The van der Waals surface area contributed by atoms with E-state index >= 15 is 0 Å². The zero-order valence-electron chi connectivity index (χ0n) is 35.5. The molecule has 1 heteroatoms. The zero-order valence-corrected chi connectivity index (χ0v) is 35.5. The molecule has 1 nitrogen and oxygen atoms in total. The van der Waals surface area contributed by atoms with E-state index in [9.17, 15) is 0 Å². The molecule has 0 bridgehead atoms. The molecule has 2 unspecified atom stereocenters. The highest BCUT2D eigenvalue weighted by atomic mass is 16.5. The first-order chi connectivity index (χ1) is 28.5. The van der Waals surface area contributed by atoms with Crippen LogP contribution in [0.5, 0.6) is 5.75 Å². The fourth-order valence-corrected chi connectivity index (χ4v) is 8.60. The van der Waals surface area contributed by atoms with Crippen LogP contribution in [-0.2, 0) is 5.41 Å². The third kappa shape index (κ3) is 8.00. The van der Waals surface area contributed by atoms with Crippen molar-refractivity contribution in [1.29, 1.82) is 0 Å². The van der Waals surface area contributed by atoms with Crippen molar-refractivity contribution in [2.75, 3.05) is 0 Å². The van der Waals surface area contributed by atoms with Gasteiger partial charge in [-0.3, -0.25) is 0 Å². The molecule has 294 valence electrons. The monoisotopic (exact) mass is 760 g/mol. The largest absolute Gasteiger partial charge is 0.457 e. The van der Waals surface area contributed by atoms with Gasteiger partial charge in [-0.2, -0.15) is 0 Å². The number of para-hydroxylation sites is 1. The highest BCUT2D eigenvalue weighted by Gasteiger charge is 2.51. The van der Waals surface area contributed by atoms with E-state index in [1.54, 1.807) is 6.08 Å². The maximum Gasteiger partial charge on any atom is 0.132 e. The van der Waals surface area contributed by atoms with Gasteiger partial charge in [-0.25, -0.2) is 0 Å². The third-order valence-electron chi connectivity index (χ3n) is 10.8. The Morgan fingerprint density at radius 1 is 0.690 bits per heavy atom. The van der Waals surface area contributed by atoms with E-state index in [4.69, 9.17) is 4.74 Å². The molecule has 8 rings (SSSR count). The molecule has 0 N–H and O–H groups in total. The molecule has 1 aliphatic heterocycles. The molecule has 58 heavy (non-hydrogen) atoms. The normalized spacial score (nSPS) is 16.2. The summed E-state index contributed by atoms with van der Waals surface area (Å²) in [6.07, 6.45) is 19.8. The summed E-state index contributed by atoms with van der Waals surface area (Å²) in [6.45, 7) is 28.1. The van der Waals surface area contributed by atoms with Crippen molar-refractivity contribution in [1.82, 2.24) is 0 Å². The van der Waals surface area contributed by atoms with Gasteiger partial charge in [0, 0.05) is 17.1 Å². The van der Waals surface area contributed by atoms with Crippen molar-refractivity contribution < 1.29 is 4.74 Å². The van der Waals surface area contributed by atoms with Gasteiger partial charge in [-0.15, -0.1) is 6.58 Å². The summed E-state index contributed by atoms with van der Waals surface area (Å²) < 4.78 is 6.44. The minimum atomic E-state index is -0.570. The second-order valence-corrected chi connectivity index (χ2v) is 13.9. The smallest absolute Gasteiger partial charge is 0.132 e. The predicted molar refractivity (Wildman–Crippen MR) is 253 cm³/mol. The molecular weight excluding hydrogens is 701 g/mol. The molecule has 5 aromatic carbocycles. The van der Waals surface area contributed by atoms with E-state index in [0.29, 0.717) is 0 Å². The Morgan fingerprint density at radius 2 is 1.31 bits per heavy atom. The number of allylic oxidation sites excluding steroid dienone is 11. The van der Waals surface area contributed by atoms with Crippen LogP contribution in [0.2, 0.25) is 0 Å². The Labute approximate surface area is 349 Å². The van der Waals surface area contributed by atoms with Crippen LogP contribution in [0.3, 0.4) is 0 Å². The number of benzene rings is 5. The van der Waals surface area contributed by atoms with Crippen LogP contribution in [0.25, 0.3) is 33.4 Å². The van der Waals surface area contributed by atoms with Gasteiger partial charge >= 0.3 is 0 Å². The summed E-state index contributed by atoms with van der Waals surface area (Å²) in [6, 6.07) is 42.2. The van der Waals surface area contributed by atoms with Crippen molar-refractivity contribution in [2.45, 2.75) is 72.1 Å². The van der Waals surface area contributed by atoms with Crippen molar-refractivity contribution in [3.63, 3.8) is 0 Å². The average molecular weight is 761 g/mol. The van der Waals surface area contributed by atoms with Crippen LogP contribution in [0.15, 0.2) is 213 Å². The van der Waals surface area contributed by atoms with E-state index in [-0.39, 0.29) is 5.92 Å². The Hall–Kier alpha value is -6.18. The Bertz CT molecular complexity index is 2370. The fourth-order valence-electron chi connectivity index (χ4n) is 8.60. The molecule has 1 heterocycles. The highest BCUT2D eigenvalue weighted by Crippen LogP contribution is 2.61. The summed E-state index contributed by atoms with van der Waals surface area (Å²) in [5.74, 6) is 1.80. The molecule has 2 aliphatic carbocycles. The lowest BCUT2D eigenvalue weighted by Gasteiger charge is -2.39. The summed E-state index contributed by atoms with van der Waals surface area (Å²) in [5.41, 5.74) is 15.3. The average Bonchev–Trinajstić information content (AvgIpc) is 3.58. The topological polar surface area (TPSA) is 9.23 Å². The molecule has 0 saturated carbocycles. The second kappa shape index (κ2) is 20.3. The Morgan fingerprint density at radius 3 is 1.93 bits per heavy atom. The van der Waals surface area contributed by atoms with Gasteiger partial charge in [0.05, 0.1) is 5.41 Å². The molecule has 3 aliphatic rings. The number of fused-ring (bicyclic) bond motifs is 7.